The minimum atomic E-state index is 0.512. The minimum Gasteiger partial charge on any atom is -0.305 e. The summed E-state index contributed by atoms with van der Waals surface area (Å²) >= 11 is 0. The molecule has 1 rings (SSSR count). The summed E-state index contributed by atoms with van der Waals surface area (Å²) in [4.78, 5) is 12.2. The third-order valence-electron chi connectivity index (χ3n) is 1.99. The van der Waals surface area contributed by atoms with Gasteiger partial charge >= 0.3 is 0 Å². The lowest BCUT2D eigenvalue weighted by atomic mass is 10.2. The molecular weight excluding hydrogens is 130 g/mol. The monoisotopic (exact) mass is 143 g/mol. The van der Waals surface area contributed by atoms with Crippen LogP contribution in [0.4, 0.5) is 0 Å². The normalized spacial score (nSPS) is 25.9. The van der Waals surface area contributed by atoms with Crippen LogP contribution in [0.3, 0.4) is 0 Å². The minimum absolute atomic E-state index is 0.512. The predicted molar refractivity (Wildman–Crippen MR) is 39.5 cm³/mol. The SMILES string of the molecule is CN(C)C1CCN(N=O)C1. The molecule has 0 aromatic heterocycles. The van der Waals surface area contributed by atoms with Crippen LogP contribution in [-0.2, 0) is 0 Å². The van der Waals surface area contributed by atoms with Gasteiger partial charge in [-0.25, -0.2) is 0 Å². The summed E-state index contributed by atoms with van der Waals surface area (Å²) in [5.74, 6) is 0. The standard InChI is InChI=1S/C6H13N3O/c1-8(2)6-3-4-9(5-6)7-10/h6H,3-5H2,1-2H3. The molecule has 58 valence electrons. The van der Waals surface area contributed by atoms with Gasteiger partial charge in [0.2, 0.25) is 0 Å². The number of nitrogens with zero attached hydrogens (tertiary/aromatic N) is 3. The van der Waals surface area contributed by atoms with Crippen molar-refractivity contribution in [1.29, 1.82) is 0 Å². The van der Waals surface area contributed by atoms with Gasteiger partial charge in [0.25, 0.3) is 0 Å². The maximum atomic E-state index is 10.0. The zero-order valence-electron chi connectivity index (χ0n) is 6.45. The van der Waals surface area contributed by atoms with Gasteiger partial charge in [-0.15, -0.1) is 4.91 Å². The molecule has 10 heavy (non-hydrogen) atoms. The maximum Gasteiger partial charge on any atom is 0.0548 e. The number of nitroso groups, excluding NO2 is 1. The molecule has 1 aliphatic heterocycles. The van der Waals surface area contributed by atoms with Crippen molar-refractivity contribution in [2.24, 2.45) is 5.29 Å². The van der Waals surface area contributed by atoms with Crippen LogP contribution >= 0.6 is 0 Å². The van der Waals surface area contributed by atoms with E-state index in [0.29, 0.717) is 6.04 Å². The lowest BCUT2D eigenvalue weighted by Gasteiger charge is -2.17. The van der Waals surface area contributed by atoms with Gasteiger partial charge in [-0.1, -0.05) is 0 Å². The van der Waals surface area contributed by atoms with Gasteiger partial charge < -0.3 is 4.90 Å². The number of rotatable bonds is 2. The summed E-state index contributed by atoms with van der Waals surface area (Å²) in [6, 6.07) is 0.512. The highest BCUT2D eigenvalue weighted by Gasteiger charge is 2.23. The van der Waals surface area contributed by atoms with E-state index in [4.69, 9.17) is 0 Å². The molecule has 0 radical (unpaired) electrons. The quantitative estimate of drug-likeness (QED) is 0.522. The fourth-order valence-corrected chi connectivity index (χ4v) is 1.22. The Morgan fingerprint density at radius 2 is 2.30 bits per heavy atom. The molecule has 0 bridgehead atoms. The fourth-order valence-electron chi connectivity index (χ4n) is 1.22. The van der Waals surface area contributed by atoms with Crippen LogP contribution in [0.25, 0.3) is 0 Å². The third kappa shape index (κ3) is 1.44. The Kier molecular flexibility index (Phi) is 2.21. The molecule has 1 heterocycles. The van der Waals surface area contributed by atoms with Crippen molar-refractivity contribution in [1.82, 2.24) is 9.91 Å². The Balaban J connectivity index is 2.35. The molecule has 1 aliphatic rings. The van der Waals surface area contributed by atoms with Gasteiger partial charge in [-0.05, 0) is 20.5 Å². The molecule has 0 aromatic carbocycles. The van der Waals surface area contributed by atoms with Crippen LogP contribution in [-0.4, -0.2) is 43.1 Å². The van der Waals surface area contributed by atoms with Crippen LogP contribution in [0.1, 0.15) is 6.42 Å². The van der Waals surface area contributed by atoms with Crippen molar-refractivity contribution in [3.8, 4) is 0 Å². The van der Waals surface area contributed by atoms with E-state index < -0.39 is 0 Å². The van der Waals surface area contributed by atoms with E-state index in [1.165, 1.54) is 0 Å². The average Bonchev–Trinajstić information content (AvgIpc) is 2.34. The van der Waals surface area contributed by atoms with Crippen molar-refractivity contribution in [3.05, 3.63) is 4.91 Å². The van der Waals surface area contributed by atoms with Crippen molar-refractivity contribution in [2.75, 3.05) is 27.2 Å². The first-order chi connectivity index (χ1) is 4.74. The Morgan fingerprint density at radius 3 is 2.60 bits per heavy atom. The topological polar surface area (TPSA) is 35.9 Å². The van der Waals surface area contributed by atoms with E-state index in [2.05, 4.69) is 10.2 Å². The van der Waals surface area contributed by atoms with Gasteiger partial charge in [-0.3, -0.25) is 5.01 Å². The van der Waals surface area contributed by atoms with E-state index in [0.717, 1.165) is 19.5 Å². The molecule has 1 fully saturated rings. The zero-order chi connectivity index (χ0) is 7.56. The highest BCUT2D eigenvalue weighted by Crippen LogP contribution is 2.12. The molecule has 1 saturated heterocycles. The van der Waals surface area contributed by atoms with Gasteiger partial charge in [-0.2, -0.15) is 0 Å². The van der Waals surface area contributed by atoms with Crippen LogP contribution < -0.4 is 0 Å². The van der Waals surface area contributed by atoms with E-state index in [9.17, 15) is 4.91 Å². The smallest absolute Gasteiger partial charge is 0.0548 e. The first-order valence-corrected chi connectivity index (χ1v) is 3.48. The third-order valence-corrected chi connectivity index (χ3v) is 1.99. The summed E-state index contributed by atoms with van der Waals surface area (Å²) in [5, 5.41) is 4.45. The average molecular weight is 143 g/mol. The second kappa shape index (κ2) is 2.96. The number of hydrogen-bond acceptors (Lipinski definition) is 3. The molecule has 0 aromatic rings. The lowest BCUT2D eigenvalue weighted by molar-refractivity contribution is 0.273. The van der Waals surface area contributed by atoms with Gasteiger partial charge in [0.05, 0.1) is 11.8 Å². The van der Waals surface area contributed by atoms with Crippen LogP contribution in [0.2, 0.25) is 0 Å². The van der Waals surface area contributed by atoms with Crippen LogP contribution in [0, 0.1) is 4.91 Å². The number of hydrogen-bond donors (Lipinski definition) is 0. The number of likely N-dealkylation sites (N-methyl/N-ethyl adjacent to an activating group) is 1. The van der Waals surface area contributed by atoms with Crippen LogP contribution in [0.15, 0.2) is 5.29 Å². The second-order valence-corrected chi connectivity index (χ2v) is 2.90. The summed E-state index contributed by atoms with van der Waals surface area (Å²) < 4.78 is 0. The molecule has 0 saturated carbocycles. The molecular formula is C6H13N3O. The summed E-state index contributed by atoms with van der Waals surface area (Å²) in [6.07, 6.45) is 1.05. The molecule has 0 amide bonds. The molecule has 4 heteroatoms. The Hall–Kier alpha value is -0.640. The molecule has 0 aliphatic carbocycles. The lowest BCUT2D eigenvalue weighted by Crippen LogP contribution is -2.29. The molecule has 1 atom stereocenters. The van der Waals surface area contributed by atoms with E-state index >= 15 is 0 Å². The van der Waals surface area contributed by atoms with Crippen molar-refractivity contribution < 1.29 is 0 Å². The summed E-state index contributed by atoms with van der Waals surface area (Å²) in [6.45, 7) is 1.60. The van der Waals surface area contributed by atoms with Crippen molar-refractivity contribution in [2.45, 2.75) is 12.5 Å². The van der Waals surface area contributed by atoms with Crippen LogP contribution in [0.5, 0.6) is 0 Å². The largest absolute Gasteiger partial charge is 0.305 e. The first-order valence-electron chi connectivity index (χ1n) is 3.48. The predicted octanol–water partition coefficient (Wildman–Crippen LogP) is 0.304. The van der Waals surface area contributed by atoms with Gasteiger partial charge in [0, 0.05) is 12.6 Å². The summed E-state index contributed by atoms with van der Waals surface area (Å²) in [5.41, 5.74) is 0. The van der Waals surface area contributed by atoms with Crippen molar-refractivity contribution >= 4 is 0 Å². The zero-order valence-corrected chi connectivity index (χ0v) is 6.45. The molecule has 4 nitrogen and oxygen atoms in total. The molecule has 0 N–H and O–H groups in total. The van der Waals surface area contributed by atoms with Gasteiger partial charge in [0.15, 0.2) is 0 Å². The summed E-state index contributed by atoms with van der Waals surface area (Å²) in [7, 11) is 4.05. The first kappa shape index (κ1) is 7.47. The maximum absolute atomic E-state index is 10.0. The fraction of sp³-hybridized carbons (Fsp3) is 1.00. The highest BCUT2D eigenvalue weighted by atomic mass is 16.3. The van der Waals surface area contributed by atoms with Gasteiger partial charge in [0.1, 0.15) is 0 Å². The van der Waals surface area contributed by atoms with Crippen molar-refractivity contribution in [3.63, 3.8) is 0 Å². The Morgan fingerprint density at radius 1 is 1.60 bits per heavy atom. The molecule has 1 unspecified atom stereocenters. The highest BCUT2D eigenvalue weighted by molar-refractivity contribution is 4.78. The second-order valence-electron chi connectivity index (χ2n) is 2.90. The Bertz CT molecular complexity index is 126. The van der Waals surface area contributed by atoms with E-state index in [1.54, 1.807) is 5.01 Å². The van der Waals surface area contributed by atoms with E-state index in [1.807, 2.05) is 14.1 Å². The molecule has 0 spiro atoms. The van der Waals surface area contributed by atoms with E-state index in [-0.39, 0.29) is 0 Å². The Labute approximate surface area is 60.7 Å².